The van der Waals surface area contributed by atoms with Gasteiger partial charge in [-0.1, -0.05) is 148 Å². The molecule has 0 aromatic rings. The fourth-order valence-electron chi connectivity index (χ4n) is 4.13. The summed E-state index contributed by atoms with van der Waals surface area (Å²) in [4.78, 5) is 11.8. The first-order chi connectivity index (χ1) is 15.3. The maximum atomic E-state index is 11.8. The van der Waals surface area contributed by atoms with E-state index in [1.54, 1.807) is 0 Å². The quantitative estimate of drug-likeness (QED) is 0.112. The van der Waals surface area contributed by atoms with Gasteiger partial charge in [-0.15, -0.1) is 0 Å². The van der Waals surface area contributed by atoms with Crippen molar-refractivity contribution < 1.29 is 4.79 Å². The van der Waals surface area contributed by atoms with Crippen molar-refractivity contribution in [2.24, 2.45) is 0 Å². The van der Waals surface area contributed by atoms with Crippen LogP contribution in [0.5, 0.6) is 0 Å². The minimum absolute atomic E-state index is 0.235. The van der Waals surface area contributed by atoms with E-state index in [4.69, 9.17) is 0 Å². The molecule has 0 bridgehead atoms. The van der Waals surface area contributed by atoms with Crippen molar-refractivity contribution >= 4 is 5.91 Å². The molecular weight excluding hydrogens is 378 g/mol. The first-order valence-corrected chi connectivity index (χ1v) is 14.2. The maximum absolute atomic E-state index is 11.8. The summed E-state index contributed by atoms with van der Waals surface area (Å²) in [6.45, 7) is 5.30. The summed E-state index contributed by atoms with van der Waals surface area (Å²) in [6.07, 6.45) is 34.8. The molecule has 2 nitrogen and oxygen atoms in total. The van der Waals surface area contributed by atoms with Crippen LogP contribution in [-0.4, -0.2) is 12.5 Å². The third kappa shape index (κ3) is 27.2. The molecule has 0 aliphatic rings. The van der Waals surface area contributed by atoms with Crippen molar-refractivity contribution in [1.29, 1.82) is 0 Å². The van der Waals surface area contributed by atoms with Crippen LogP contribution in [0.15, 0.2) is 12.2 Å². The Balaban J connectivity index is 3.14. The van der Waals surface area contributed by atoms with Crippen LogP contribution >= 0.6 is 0 Å². The van der Waals surface area contributed by atoms with Crippen LogP contribution in [-0.2, 0) is 4.79 Å². The van der Waals surface area contributed by atoms with Crippen LogP contribution in [0.3, 0.4) is 0 Å². The maximum Gasteiger partial charge on any atom is 0.220 e. The lowest BCUT2D eigenvalue weighted by Gasteiger charge is -2.05. The zero-order valence-electron chi connectivity index (χ0n) is 21.5. The first-order valence-electron chi connectivity index (χ1n) is 14.2. The van der Waals surface area contributed by atoms with Crippen molar-refractivity contribution in [2.45, 2.75) is 162 Å². The molecule has 184 valence electrons. The minimum Gasteiger partial charge on any atom is -0.356 e. The van der Waals surface area contributed by atoms with Crippen molar-refractivity contribution in [2.75, 3.05) is 6.54 Å². The van der Waals surface area contributed by atoms with Crippen molar-refractivity contribution in [3.05, 3.63) is 12.2 Å². The molecule has 0 saturated heterocycles. The zero-order valence-corrected chi connectivity index (χ0v) is 21.5. The second-order valence-electron chi connectivity index (χ2n) is 9.51. The summed E-state index contributed by atoms with van der Waals surface area (Å²) in [5.74, 6) is 0.235. The standard InChI is InChI=1S/C29H57NO/c1-3-5-7-9-11-12-13-14-15-16-17-18-19-20-21-22-23-25-27-29(31)30-28-26-24-10-8-6-4-2/h10,24H,3-9,11-23,25-28H2,1-2H3,(H,30,31). The first kappa shape index (κ1) is 30.2. The Bertz CT molecular complexity index is 377. The van der Waals surface area contributed by atoms with Gasteiger partial charge >= 0.3 is 0 Å². The highest BCUT2D eigenvalue weighted by atomic mass is 16.1. The number of hydrogen-bond acceptors (Lipinski definition) is 1. The molecule has 0 heterocycles. The Morgan fingerprint density at radius 1 is 0.516 bits per heavy atom. The predicted molar refractivity (Wildman–Crippen MR) is 140 cm³/mol. The number of amides is 1. The minimum atomic E-state index is 0.235. The lowest BCUT2D eigenvalue weighted by Crippen LogP contribution is -2.23. The Morgan fingerprint density at radius 3 is 1.35 bits per heavy atom. The van der Waals surface area contributed by atoms with Crippen molar-refractivity contribution in [3.63, 3.8) is 0 Å². The highest BCUT2D eigenvalue weighted by Gasteiger charge is 2.00. The molecule has 0 aromatic heterocycles. The van der Waals surface area contributed by atoms with Gasteiger partial charge in [0.05, 0.1) is 0 Å². The number of nitrogens with one attached hydrogen (secondary N) is 1. The molecule has 0 aromatic carbocycles. The molecule has 31 heavy (non-hydrogen) atoms. The molecule has 0 unspecified atom stereocenters. The molecule has 0 aliphatic carbocycles. The van der Waals surface area contributed by atoms with Crippen LogP contribution in [0.25, 0.3) is 0 Å². The topological polar surface area (TPSA) is 29.1 Å². The second kappa shape index (κ2) is 27.2. The fourth-order valence-corrected chi connectivity index (χ4v) is 4.13. The Morgan fingerprint density at radius 2 is 0.903 bits per heavy atom. The van der Waals surface area contributed by atoms with Crippen LogP contribution < -0.4 is 5.32 Å². The molecule has 0 radical (unpaired) electrons. The van der Waals surface area contributed by atoms with Gasteiger partial charge in [-0.25, -0.2) is 0 Å². The summed E-state index contributed by atoms with van der Waals surface area (Å²) < 4.78 is 0. The summed E-state index contributed by atoms with van der Waals surface area (Å²) in [7, 11) is 0. The van der Waals surface area contributed by atoms with Gasteiger partial charge in [-0.05, 0) is 19.3 Å². The third-order valence-corrected chi connectivity index (χ3v) is 6.28. The highest BCUT2D eigenvalue weighted by molar-refractivity contribution is 5.75. The fraction of sp³-hybridized carbons (Fsp3) is 0.897. The Hall–Kier alpha value is -0.790. The summed E-state index contributed by atoms with van der Waals surface area (Å²) >= 11 is 0. The average Bonchev–Trinajstić information content (AvgIpc) is 2.77. The number of hydrogen-bond donors (Lipinski definition) is 1. The molecule has 2 heteroatoms. The van der Waals surface area contributed by atoms with E-state index in [2.05, 4.69) is 31.3 Å². The number of carbonyl (C=O) groups excluding carboxylic acids is 1. The summed E-state index contributed by atoms with van der Waals surface area (Å²) in [5.41, 5.74) is 0. The Kier molecular flexibility index (Phi) is 26.5. The molecule has 0 atom stereocenters. The van der Waals surface area contributed by atoms with Crippen LogP contribution in [0.4, 0.5) is 0 Å². The lowest BCUT2D eigenvalue weighted by atomic mass is 10.0. The van der Waals surface area contributed by atoms with Gasteiger partial charge in [0.25, 0.3) is 0 Å². The van der Waals surface area contributed by atoms with Crippen LogP contribution in [0.1, 0.15) is 162 Å². The normalized spacial score (nSPS) is 11.4. The monoisotopic (exact) mass is 435 g/mol. The van der Waals surface area contributed by atoms with Gasteiger partial charge in [0.1, 0.15) is 0 Å². The molecule has 0 aliphatic heterocycles. The smallest absolute Gasteiger partial charge is 0.220 e. The van der Waals surface area contributed by atoms with Gasteiger partial charge in [0.15, 0.2) is 0 Å². The predicted octanol–water partition coefficient (Wildman–Crippen LogP) is 9.67. The van der Waals surface area contributed by atoms with E-state index in [1.807, 2.05) is 0 Å². The van der Waals surface area contributed by atoms with E-state index >= 15 is 0 Å². The van der Waals surface area contributed by atoms with Gasteiger partial charge in [0.2, 0.25) is 5.91 Å². The Labute approximate surface area is 196 Å². The third-order valence-electron chi connectivity index (χ3n) is 6.28. The van der Waals surface area contributed by atoms with E-state index in [0.717, 1.165) is 19.4 Å². The van der Waals surface area contributed by atoms with Gasteiger partial charge in [0, 0.05) is 13.0 Å². The molecule has 0 fully saturated rings. The largest absolute Gasteiger partial charge is 0.356 e. The molecule has 1 N–H and O–H groups in total. The molecule has 0 spiro atoms. The van der Waals surface area contributed by atoms with E-state index in [0.29, 0.717) is 6.42 Å². The SMILES string of the molecule is CCCCC=CCCNC(=O)CCCCCCCCCCCCCCCCCCCC. The van der Waals surface area contributed by atoms with Crippen molar-refractivity contribution in [3.8, 4) is 0 Å². The van der Waals surface area contributed by atoms with E-state index in [-0.39, 0.29) is 5.91 Å². The van der Waals surface area contributed by atoms with Gasteiger partial charge < -0.3 is 5.32 Å². The molecule has 0 rings (SSSR count). The second-order valence-corrected chi connectivity index (χ2v) is 9.51. The number of allylic oxidation sites excluding steroid dienone is 1. The van der Waals surface area contributed by atoms with Gasteiger partial charge in [-0.2, -0.15) is 0 Å². The van der Waals surface area contributed by atoms with E-state index in [9.17, 15) is 4.79 Å². The molecule has 0 saturated carbocycles. The van der Waals surface area contributed by atoms with Crippen LogP contribution in [0.2, 0.25) is 0 Å². The lowest BCUT2D eigenvalue weighted by molar-refractivity contribution is -0.121. The molecular formula is C29H57NO. The average molecular weight is 436 g/mol. The molecule has 1 amide bonds. The van der Waals surface area contributed by atoms with E-state index < -0.39 is 0 Å². The summed E-state index contributed by atoms with van der Waals surface area (Å²) in [6, 6.07) is 0. The van der Waals surface area contributed by atoms with Crippen LogP contribution in [0, 0.1) is 0 Å². The number of carbonyl (C=O) groups is 1. The van der Waals surface area contributed by atoms with Gasteiger partial charge in [-0.3, -0.25) is 4.79 Å². The van der Waals surface area contributed by atoms with Crippen molar-refractivity contribution in [1.82, 2.24) is 5.32 Å². The summed E-state index contributed by atoms with van der Waals surface area (Å²) in [5, 5.41) is 3.04. The number of rotatable bonds is 25. The zero-order chi connectivity index (χ0) is 22.7. The number of unbranched alkanes of at least 4 members (excludes halogenated alkanes) is 19. The van der Waals surface area contributed by atoms with E-state index in [1.165, 1.54) is 128 Å². The highest BCUT2D eigenvalue weighted by Crippen LogP contribution is 2.14.